The van der Waals surface area contributed by atoms with Crippen molar-refractivity contribution in [2.75, 3.05) is 25.5 Å². The SMILES string of the molecule is CC(Nc1cc(C(F)(F)F)ccc1F)C1CCCN(C)C1. The number of anilines is 1. The topological polar surface area (TPSA) is 15.3 Å². The molecule has 118 valence electrons. The Bertz CT molecular complexity index is 487. The van der Waals surface area contributed by atoms with Crippen LogP contribution in [0.15, 0.2) is 18.2 Å². The minimum atomic E-state index is -4.46. The molecular formula is C15H20F4N2. The molecule has 2 unspecified atom stereocenters. The molecule has 2 atom stereocenters. The van der Waals surface area contributed by atoms with Gasteiger partial charge in [0.1, 0.15) is 5.82 Å². The van der Waals surface area contributed by atoms with Crippen LogP contribution in [-0.2, 0) is 6.18 Å². The lowest BCUT2D eigenvalue weighted by Crippen LogP contribution is -2.40. The minimum absolute atomic E-state index is 0.0780. The van der Waals surface area contributed by atoms with Crippen LogP contribution >= 0.6 is 0 Å². The second kappa shape index (κ2) is 6.22. The van der Waals surface area contributed by atoms with E-state index in [0.29, 0.717) is 5.92 Å². The van der Waals surface area contributed by atoms with Crippen molar-refractivity contribution < 1.29 is 17.6 Å². The predicted molar refractivity (Wildman–Crippen MR) is 74.7 cm³/mol. The standard InChI is InChI=1S/C15H20F4N2/c1-10(11-4-3-7-21(2)9-11)20-14-8-12(15(17,18)19)5-6-13(14)16/h5-6,8,10-11,20H,3-4,7,9H2,1-2H3. The van der Waals surface area contributed by atoms with Gasteiger partial charge in [0.2, 0.25) is 0 Å². The van der Waals surface area contributed by atoms with Crippen LogP contribution in [0.25, 0.3) is 0 Å². The summed E-state index contributed by atoms with van der Waals surface area (Å²) in [5.41, 5.74) is -0.912. The molecule has 0 aliphatic carbocycles. The van der Waals surface area contributed by atoms with Crippen LogP contribution < -0.4 is 5.32 Å². The summed E-state index contributed by atoms with van der Waals surface area (Å²) in [6.45, 7) is 3.79. The van der Waals surface area contributed by atoms with Gasteiger partial charge in [0, 0.05) is 12.6 Å². The highest BCUT2D eigenvalue weighted by molar-refractivity contribution is 5.48. The average Bonchev–Trinajstić information content (AvgIpc) is 2.40. The first-order chi connectivity index (χ1) is 9.77. The smallest absolute Gasteiger partial charge is 0.380 e. The maximum Gasteiger partial charge on any atom is 0.416 e. The summed E-state index contributed by atoms with van der Waals surface area (Å²) in [5, 5.41) is 2.91. The van der Waals surface area contributed by atoms with Gasteiger partial charge < -0.3 is 10.2 Å². The molecule has 1 aliphatic rings. The van der Waals surface area contributed by atoms with Gasteiger partial charge in [-0.2, -0.15) is 13.2 Å². The first-order valence-corrected chi connectivity index (χ1v) is 7.09. The molecule has 1 saturated heterocycles. The number of piperidine rings is 1. The van der Waals surface area contributed by atoms with Gasteiger partial charge in [0.15, 0.2) is 0 Å². The van der Waals surface area contributed by atoms with Crippen LogP contribution in [0.2, 0.25) is 0 Å². The molecule has 1 N–H and O–H groups in total. The summed E-state index contributed by atoms with van der Waals surface area (Å²) in [4.78, 5) is 2.19. The number of nitrogens with one attached hydrogen (secondary N) is 1. The number of alkyl halides is 3. The molecule has 1 aromatic rings. The van der Waals surface area contributed by atoms with Crippen molar-refractivity contribution in [3.63, 3.8) is 0 Å². The predicted octanol–water partition coefficient (Wildman–Crippen LogP) is 3.99. The summed E-state index contributed by atoms with van der Waals surface area (Å²) < 4.78 is 51.8. The summed E-state index contributed by atoms with van der Waals surface area (Å²) in [6.07, 6.45) is -2.41. The maximum atomic E-state index is 13.7. The quantitative estimate of drug-likeness (QED) is 0.850. The van der Waals surface area contributed by atoms with Crippen LogP contribution in [0.3, 0.4) is 0 Å². The first-order valence-electron chi connectivity index (χ1n) is 7.09. The van der Waals surface area contributed by atoms with Crippen molar-refractivity contribution in [2.45, 2.75) is 32.0 Å². The molecule has 1 heterocycles. The van der Waals surface area contributed by atoms with Crippen LogP contribution in [0.5, 0.6) is 0 Å². The Morgan fingerprint density at radius 3 is 2.67 bits per heavy atom. The monoisotopic (exact) mass is 304 g/mol. The second-order valence-electron chi connectivity index (χ2n) is 5.79. The van der Waals surface area contributed by atoms with Crippen LogP contribution in [0.4, 0.5) is 23.2 Å². The van der Waals surface area contributed by atoms with Crippen LogP contribution in [0.1, 0.15) is 25.3 Å². The van der Waals surface area contributed by atoms with Gasteiger partial charge in [-0.15, -0.1) is 0 Å². The highest BCUT2D eigenvalue weighted by Crippen LogP contribution is 2.32. The molecule has 0 aromatic heterocycles. The molecule has 1 aromatic carbocycles. The van der Waals surface area contributed by atoms with E-state index < -0.39 is 17.6 Å². The van der Waals surface area contributed by atoms with Crippen molar-refractivity contribution in [3.05, 3.63) is 29.6 Å². The van der Waals surface area contributed by atoms with Gasteiger partial charge in [0.25, 0.3) is 0 Å². The van der Waals surface area contributed by atoms with E-state index in [0.717, 1.165) is 44.1 Å². The number of benzene rings is 1. The van der Waals surface area contributed by atoms with E-state index >= 15 is 0 Å². The Kier molecular flexibility index (Phi) is 4.76. The molecule has 1 aliphatic heterocycles. The first kappa shape index (κ1) is 16.1. The fourth-order valence-electron chi connectivity index (χ4n) is 2.79. The highest BCUT2D eigenvalue weighted by atomic mass is 19.4. The van der Waals surface area contributed by atoms with Gasteiger partial charge in [-0.3, -0.25) is 0 Å². The Balaban J connectivity index is 2.11. The van der Waals surface area contributed by atoms with E-state index in [2.05, 4.69) is 10.2 Å². The van der Waals surface area contributed by atoms with Gasteiger partial charge >= 0.3 is 6.18 Å². The van der Waals surface area contributed by atoms with Crippen molar-refractivity contribution in [1.82, 2.24) is 4.90 Å². The average molecular weight is 304 g/mol. The van der Waals surface area contributed by atoms with Gasteiger partial charge in [-0.05, 0) is 57.5 Å². The van der Waals surface area contributed by atoms with Crippen molar-refractivity contribution in [3.8, 4) is 0 Å². The zero-order chi connectivity index (χ0) is 15.6. The zero-order valence-corrected chi connectivity index (χ0v) is 12.2. The largest absolute Gasteiger partial charge is 0.416 e. The number of likely N-dealkylation sites (tertiary alicyclic amines) is 1. The number of nitrogens with zero attached hydrogens (tertiary/aromatic N) is 1. The lowest BCUT2D eigenvalue weighted by molar-refractivity contribution is -0.137. The Morgan fingerprint density at radius 1 is 1.33 bits per heavy atom. The van der Waals surface area contributed by atoms with Crippen molar-refractivity contribution in [2.24, 2.45) is 5.92 Å². The van der Waals surface area contributed by atoms with E-state index in [1.807, 2.05) is 14.0 Å². The van der Waals surface area contributed by atoms with Gasteiger partial charge in [-0.25, -0.2) is 4.39 Å². The van der Waals surface area contributed by atoms with Crippen molar-refractivity contribution in [1.29, 1.82) is 0 Å². The molecule has 21 heavy (non-hydrogen) atoms. The summed E-state index contributed by atoms with van der Waals surface area (Å²) >= 11 is 0. The van der Waals surface area contributed by atoms with Crippen LogP contribution in [-0.4, -0.2) is 31.1 Å². The molecule has 1 fully saturated rings. The third-order valence-corrected chi connectivity index (χ3v) is 4.04. The van der Waals surface area contributed by atoms with E-state index in [4.69, 9.17) is 0 Å². The van der Waals surface area contributed by atoms with E-state index in [9.17, 15) is 17.6 Å². The molecule has 0 saturated carbocycles. The minimum Gasteiger partial charge on any atom is -0.380 e. The normalized spacial score (nSPS) is 22.1. The number of hydrogen-bond donors (Lipinski definition) is 1. The van der Waals surface area contributed by atoms with E-state index in [1.54, 1.807) is 0 Å². The molecule has 0 bridgehead atoms. The third-order valence-electron chi connectivity index (χ3n) is 4.04. The fourth-order valence-corrected chi connectivity index (χ4v) is 2.79. The molecule has 0 radical (unpaired) electrons. The Labute approximate surface area is 122 Å². The second-order valence-corrected chi connectivity index (χ2v) is 5.79. The van der Waals surface area contributed by atoms with Crippen LogP contribution in [0, 0.1) is 11.7 Å². The molecular weight excluding hydrogens is 284 g/mol. The van der Waals surface area contributed by atoms with E-state index in [-0.39, 0.29) is 11.7 Å². The maximum absolute atomic E-state index is 13.7. The Hall–Kier alpha value is -1.30. The lowest BCUT2D eigenvalue weighted by Gasteiger charge is -2.34. The number of rotatable bonds is 3. The highest BCUT2D eigenvalue weighted by Gasteiger charge is 2.31. The summed E-state index contributed by atoms with van der Waals surface area (Å²) in [7, 11) is 2.02. The molecule has 6 heteroatoms. The number of halogens is 4. The molecule has 2 nitrogen and oxygen atoms in total. The van der Waals surface area contributed by atoms with Gasteiger partial charge in [-0.1, -0.05) is 0 Å². The lowest BCUT2D eigenvalue weighted by atomic mass is 9.91. The van der Waals surface area contributed by atoms with E-state index in [1.165, 1.54) is 0 Å². The molecule has 0 spiro atoms. The zero-order valence-electron chi connectivity index (χ0n) is 12.2. The van der Waals surface area contributed by atoms with Gasteiger partial charge in [0.05, 0.1) is 11.3 Å². The fraction of sp³-hybridized carbons (Fsp3) is 0.600. The van der Waals surface area contributed by atoms with Crippen molar-refractivity contribution >= 4 is 5.69 Å². The summed E-state index contributed by atoms with van der Waals surface area (Å²) in [5.74, 6) is -0.350. The third kappa shape index (κ3) is 4.09. The molecule has 0 amide bonds. The number of hydrogen-bond acceptors (Lipinski definition) is 2. The summed E-state index contributed by atoms with van der Waals surface area (Å²) in [6, 6.07) is 2.40. The Morgan fingerprint density at radius 2 is 2.05 bits per heavy atom. The molecule has 2 rings (SSSR count).